The Labute approximate surface area is 115 Å². The number of β-amino-alcohol motifs (C(OH)–C–C–N with tert-alkyl or cyclic N) is 1. The minimum Gasteiger partial charge on any atom is -0.387 e. The van der Waals surface area contributed by atoms with E-state index in [1.54, 1.807) is 0 Å². The van der Waals surface area contributed by atoms with Crippen LogP contribution in [0.3, 0.4) is 0 Å². The first-order chi connectivity index (χ1) is 9.02. The summed E-state index contributed by atoms with van der Waals surface area (Å²) in [6.07, 6.45) is 3.82. The van der Waals surface area contributed by atoms with Crippen LogP contribution in [0.1, 0.15) is 25.5 Å². The van der Waals surface area contributed by atoms with Gasteiger partial charge in [-0.25, -0.2) is 0 Å². The second-order valence-corrected chi connectivity index (χ2v) is 5.88. The van der Waals surface area contributed by atoms with Gasteiger partial charge in [0.2, 0.25) is 0 Å². The minimum atomic E-state index is -0.571. The predicted molar refractivity (Wildman–Crippen MR) is 75.9 cm³/mol. The highest BCUT2D eigenvalue weighted by Crippen LogP contribution is 2.21. The summed E-state index contributed by atoms with van der Waals surface area (Å²) in [6.45, 7) is 6.40. The molecule has 5 nitrogen and oxygen atoms in total. The maximum absolute atomic E-state index is 10.7. The van der Waals surface area contributed by atoms with Gasteiger partial charge in [0.15, 0.2) is 0 Å². The highest BCUT2D eigenvalue weighted by Gasteiger charge is 2.32. The van der Waals surface area contributed by atoms with Crippen LogP contribution in [-0.2, 0) is 13.1 Å². The first-order valence-electron chi connectivity index (χ1n) is 7.12. The number of aryl methyl sites for hydroxylation is 1. The number of likely N-dealkylation sites (tertiary alicyclic amines) is 1. The molecule has 0 spiro atoms. The zero-order valence-corrected chi connectivity index (χ0v) is 12.3. The van der Waals surface area contributed by atoms with Gasteiger partial charge in [0.25, 0.3) is 0 Å². The molecule has 0 aliphatic carbocycles. The molecular weight excluding hydrogens is 240 g/mol. The second kappa shape index (κ2) is 6.03. The molecule has 0 amide bonds. The van der Waals surface area contributed by atoms with Crippen LogP contribution in [0.4, 0.5) is 0 Å². The maximum atomic E-state index is 10.7. The number of hydrogen-bond donors (Lipinski definition) is 1. The minimum absolute atomic E-state index is 0.571. The van der Waals surface area contributed by atoms with Gasteiger partial charge < -0.3 is 10.0 Å². The van der Waals surface area contributed by atoms with E-state index in [1.807, 2.05) is 10.9 Å². The van der Waals surface area contributed by atoms with E-state index in [9.17, 15) is 5.11 Å². The maximum Gasteiger partial charge on any atom is 0.0900 e. The van der Waals surface area contributed by atoms with Gasteiger partial charge in [0.05, 0.1) is 11.3 Å². The van der Waals surface area contributed by atoms with Crippen LogP contribution in [0, 0.1) is 0 Å². The molecule has 0 radical (unpaired) electrons. The molecule has 1 atom stereocenters. The van der Waals surface area contributed by atoms with E-state index in [2.05, 4.69) is 42.0 Å². The van der Waals surface area contributed by atoms with Crippen molar-refractivity contribution in [1.29, 1.82) is 0 Å². The second-order valence-electron chi connectivity index (χ2n) is 5.88. The fraction of sp³-hybridized carbons (Fsp3) is 0.786. The van der Waals surface area contributed by atoms with E-state index >= 15 is 0 Å². The van der Waals surface area contributed by atoms with Gasteiger partial charge in [-0.2, -0.15) is 5.10 Å². The van der Waals surface area contributed by atoms with Crippen LogP contribution in [0.25, 0.3) is 0 Å². The fourth-order valence-electron chi connectivity index (χ4n) is 3.08. The fourth-order valence-corrected chi connectivity index (χ4v) is 3.08. The molecule has 1 saturated heterocycles. The van der Waals surface area contributed by atoms with Crippen LogP contribution in [0.5, 0.6) is 0 Å². The van der Waals surface area contributed by atoms with Crippen LogP contribution in [0.15, 0.2) is 12.3 Å². The molecule has 1 N–H and O–H groups in total. The Morgan fingerprint density at radius 1 is 1.53 bits per heavy atom. The van der Waals surface area contributed by atoms with Crippen molar-refractivity contribution < 1.29 is 5.11 Å². The van der Waals surface area contributed by atoms with Gasteiger partial charge in [0, 0.05) is 32.4 Å². The monoisotopic (exact) mass is 266 g/mol. The zero-order chi connectivity index (χ0) is 13.9. The van der Waals surface area contributed by atoms with E-state index in [1.165, 1.54) is 5.69 Å². The molecule has 19 heavy (non-hydrogen) atoms. The van der Waals surface area contributed by atoms with Gasteiger partial charge in [-0.3, -0.25) is 9.58 Å². The largest absolute Gasteiger partial charge is 0.387 e. The summed E-state index contributed by atoms with van der Waals surface area (Å²) in [5.74, 6) is 0. The average Bonchev–Trinajstić information content (AvgIpc) is 2.74. The third-order valence-electron chi connectivity index (χ3n) is 3.85. The number of rotatable bonds is 5. The summed E-state index contributed by atoms with van der Waals surface area (Å²) < 4.78 is 2.01. The smallest absolute Gasteiger partial charge is 0.0900 e. The molecule has 1 aliphatic heterocycles. The van der Waals surface area contributed by atoms with Crippen molar-refractivity contribution >= 4 is 0 Å². The van der Waals surface area contributed by atoms with E-state index < -0.39 is 5.60 Å². The molecular formula is C14H26N4O. The van der Waals surface area contributed by atoms with Gasteiger partial charge in [-0.15, -0.1) is 0 Å². The Balaban J connectivity index is 1.92. The van der Waals surface area contributed by atoms with E-state index in [0.29, 0.717) is 6.54 Å². The molecule has 5 heteroatoms. The lowest BCUT2D eigenvalue weighted by atomic mass is 9.92. The SMILES string of the molecule is CCn1nccc1CN(C)C[C@@]1(O)CCCN(C)C1. The molecule has 1 aliphatic rings. The summed E-state index contributed by atoms with van der Waals surface area (Å²) in [4.78, 5) is 4.41. The molecule has 0 unspecified atom stereocenters. The Hall–Kier alpha value is -0.910. The molecule has 0 bridgehead atoms. The summed E-state index contributed by atoms with van der Waals surface area (Å²) in [7, 11) is 4.15. The van der Waals surface area contributed by atoms with Crippen molar-refractivity contribution in [3.05, 3.63) is 18.0 Å². The van der Waals surface area contributed by atoms with Gasteiger partial charge in [-0.1, -0.05) is 0 Å². The van der Waals surface area contributed by atoms with Gasteiger partial charge >= 0.3 is 0 Å². The number of likely N-dealkylation sites (N-methyl/N-ethyl adjacent to an activating group) is 2. The molecule has 0 saturated carbocycles. The third-order valence-corrected chi connectivity index (χ3v) is 3.85. The lowest BCUT2D eigenvalue weighted by molar-refractivity contribution is -0.0444. The highest BCUT2D eigenvalue weighted by molar-refractivity contribution is 5.01. The Morgan fingerprint density at radius 3 is 3.00 bits per heavy atom. The van der Waals surface area contributed by atoms with Crippen LogP contribution in [-0.4, -0.2) is 64.0 Å². The molecule has 2 heterocycles. The molecule has 1 fully saturated rings. The molecule has 1 aromatic heterocycles. The first-order valence-corrected chi connectivity index (χ1v) is 7.12. The number of aromatic nitrogens is 2. The van der Waals surface area contributed by atoms with Gasteiger partial charge in [0.1, 0.15) is 0 Å². The molecule has 1 aromatic rings. The van der Waals surface area contributed by atoms with E-state index in [4.69, 9.17) is 0 Å². The summed E-state index contributed by atoms with van der Waals surface area (Å²) in [5, 5.41) is 14.9. The Kier molecular flexibility index (Phi) is 4.60. The number of piperidine rings is 1. The molecule has 0 aromatic carbocycles. The summed E-state index contributed by atoms with van der Waals surface area (Å²) in [6, 6.07) is 2.05. The Morgan fingerprint density at radius 2 is 2.32 bits per heavy atom. The van der Waals surface area contributed by atoms with Crippen LogP contribution in [0.2, 0.25) is 0 Å². The normalized spacial score (nSPS) is 25.1. The average molecular weight is 266 g/mol. The van der Waals surface area contributed by atoms with Crippen molar-refractivity contribution in [3.8, 4) is 0 Å². The third kappa shape index (κ3) is 3.78. The van der Waals surface area contributed by atoms with E-state index in [-0.39, 0.29) is 0 Å². The van der Waals surface area contributed by atoms with E-state index in [0.717, 1.165) is 39.0 Å². The van der Waals surface area contributed by atoms with Crippen LogP contribution >= 0.6 is 0 Å². The predicted octanol–water partition coefficient (Wildman–Crippen LogP) is 0.791. The quantitative estimate of drug-likeness (QED) is 0.856. The zero-order valence-electron chi connectivity index (χ0n) is 12.3. The lowest BCUT2D eigenvalue weighted by Crippen LogP contribution is -2.52. The van der Waals surface area contributed by atoms with Crippen LogP contribution < -0.4 is 0 Å². The Bertz CT molecular complexity index is 406. The summed E-state index contributed by atoms with van der Waals surface area (Å²) in [5.41, 5.74) is 0.636. The van der Waals surface area contributed by atoms with Crippen molar-refractivity contribution in [3.63, 3.8) is 0 Å². The number of hydrogen-bond acceptors (Lipinski definition) is 4. The van der Waals surface area contributed by atoms with Crippen molar-refractivity contribution in [2.45, 2.75) is 38.5 Å². The number of aliphatic hydroxyl groups is 1. The number of nitrogens with zero attached hydrogens (tertiary/aromatic N) is 4. The van der Waals surface area contributed by atoms with Crippen molar-refractivity contribution in [2.24, 2.45) is 0 Å². The lowest BCUT2D eigenvalue weighted by Gasteiger charge is -2.39. The van der Waals surface area contributed by atoms with Gasteiger partial charge in [-0.05, 0) is 46.5 Å². The standard InChI is InChI=1S/C14H26N4O/c1-4-18-13(6-8-15-18)10-17(3)12-14(19)7-5-9-16(2)11-14/h6,8,19H,4-5,7,9-12H2,1-3H3/t14-/m1/s1. The topological polar surface area (TPSA) is 44.5 Å². The summed E-state index contributed by atoms with van der Waals surface area (Å²) >= 11 is 0. The molecule has 2 rings (SSSR count). The molecule has 108 valence electrons. The van der Waals surface area contributed by atoms with Crippen molar-refractivity contribution in [2.75, 3.05) is 33.7 Å². The van der Waals surface area contributed by atoms with Crippen molar-refractivity contribution in [1.82, 2.24) is 19.6 Å². The first kappa shape index (κ1) is 14.5. The highest BCUT2D eigenvalue weighted by atomic mass is 16.3.